The fraction of sp³-hybridized carbons (Fsp3) is 0.417. The highest BCUT2D eigenvalue weighted by Gasteiger charge is 2.14. The van der Waals surface area contributed by atoms with Crippen molar-refractivity contribution in [2.24, 2.45) is 0 Å². The molecule has 0 aliphatic carbocycles. The highest BCUT2D eigenvalue weighted by Crippen LogP contribution is 2.23. The monoisotopic (exact) mass is 248 g/mol. The first-order valence-electron chi connectivity index (χ1n) is 5.45. The lowest BCUT2D eigenvalue weighted by Gasteiger charge is -2.19. The largest absolute Gasteiger partial charge is 0.213 e. The fourth-order valence-electron chi connectivity index (χ4n) is 1.57. The van der Waals surface area contributed by atoms with Crippen LogP contribution >= 0.6 is 11.8 Å². The van der Waals surface area contributed by atoms with Gasteiger partial charge in [-0.3, -0.25) is 0 Å². The van der Waals surface area contributed by atoms with E-state index >= 15 is 0 Å². The maximum absolute atomic E-state index is 3.98. The zero-order chi connectivity index (χ0) is 12.5. The van der Waals surface area contributed by atoms with E-state index < -0.39 is 0 Å². The molecular weight excluding hydrogens is 232 g/mol. The van der Waals surface area contributed by atoms with Crippen molar-refractivity contribution in [2.45, 2.75) is 31.3 Å². The molecular formula is C12H16N4S. The molecule has 1 heterocycles. The molecule has 0 N–H and O–H groups in total. The first-order chi connectivity index (χ1) is 8.02. The van der Waals surface area contributed by atoms with Gasteiger partial charge < -0.3 is 0 Å². The third-order valence-corrected chi connectivity index (χ3v) is 3.22. The van der Waals surface area contributed by atoms with Gasteiger partial charge in [-0.05, 0) is 39.8 Å². The molecule has 4 nitrogen and oxygen atoms in total. The van der Waals surface area contributed by atoms with E-state index in [9.17, 15) is 0 Å². The van der Waals surface area contributed by atoms with E-state index in [-0.39, 0.29) is 5.41 Å². The second-order valence-corrected chi connectivity index (χ2v) is 5.65. The highest BCUT2D eigenvalue weighted by molar-refractivity contribution is 7.98. The Labute approximate surface area is 105 Å². The summed E-state index contributed by atoms with van der Waals surface area (Å²) in [4.78, 5) is 0. The van der Waals surface area contributed by atoms with Crippen molar-refractivity contribution < 1.29 is 0 Å². The van der Waals surface area contributed by atoms with Gasteiger partial charge in [0.05, 0.1) is 5.69 Å². The molecule has 5 heteroatoms. The zero-order valence-electron chi connectivity index (χ0n) is 10.5. The van der Waals surface area contributed by atoms with Gasteiger partial charge in [0.15, 0.2) is 0 Å². The van der Waals surface area contributed by atoms with E-state index in [1.165, 1.54) is 17.3 Å². The predicted octanol–water partition coefficient (Wildman–Crippen LogP) is 2.68. The number of hydrogen-bond donors (Lipinski definition) is 0. The molecule has 17 heavy (non-hydrogen) atoms. The first kappa shape index (κ1) is 12.1. The number of thioether (sulfide) groups is 1. The molecule has 0 aliphatic rings. The SMILES string of the molecule is CSc1nnnn1-c1ccc(C(C)(C)C)cc1. The average Bonchev–Trinajstić information content (AvgIpc) is 2.76. The molecule has 0 saturated heterocycles. The Bertz CT molecular complexity index is 496. The van der Waals surface area contributed by atoms with Crippen LogP contribution in [0.1, 0.15) is 26.3 Å². The van der Waals surface area contributed by atoms with Gasteiger partial charge in [-0.25, -0.2) is 0 Å². The molecule has 0 amide bonds. The number of hydrogen-bond acceptors (Lipinski definition) is 4. The minimum absolute atomic E-state index is 0.168. The van der Waals surface area contributed by atoms with Crippen LogP contribution in [0.2, 0.25) is 0 Å². The second kappa shape index (κ2) is 4.49. The van der Waals surface area contributed by atoms with Crippen molar-refractivity contribution >= 4 is 11.8 Å². The van der Waals surface area contributed by atoms with E-state index in [1.54, 1.807) is 4.68 Å². The van der Waals surface area contributed by atoms with Crippen LogP contribution in [-0.4, -0.2) is 26.5 Å². The Balaban J connectivity index is 2.36. The summed E-state index contributed by atoms with van der Waals surface area (Å²) in [5.74, 6) is 0. The van der Waals surface area contributed by atoms with Crippen LogP contribution < -0.4 is 0 Å². The van der Waals surface area contributed by atoms with Crippen molar-refractivity contribution in [2.75, 3.05) is 6.26 Å². The molecule has 0 bridgehead atoms. The highest BCUT2D eigenvalue weighted by atomic mass is 32.2. The van der Waals surface area contributed by atoms with Gasteiger partial charge in [-0.2, -0.15) is 4.68 Å². The van der Waals surface area contributed by atoms with Gasteiger partial charge in [-0.1, -0.05) is 44.7 Å². The molecule has 0 fully saturated rings. The number of rotatable bonds is 2. The van der Waals surface area contributed by atoms with Crippen molar-refractivity contribution in [3.8, 4) is 5.69 Å². The van der Waals surface area contributed by atoms with Crippen LogP contribution in [0.25, 0.3) is 5.69 Å². The van der Waals surface area contributed by atoms with E-state index in [0.29, 0.717) is 0 Å². The van der Waals surface area contributed by atoms with Gasteiger partial charge in [0.2, 0.25) is 5.16 Å². The summed E-state index contributed by atoms with van der Waals surface area (Å²) in [7, 11) is 0. The third-order valence-electron chi connectivity index (χ3n) is 2.60. The van der Waals surface area contributed by atoms with E-state index in [1.807, 2.05) is 6.26 Å². The van der Waals surface area contributed by atoms with Crippen LogP contribution in [0.3, 0.4) is 0 Å². The van der Waals surface area contributed by atoms with Crippen LogP contribution in [-0.2, 0) is 5.41 Å². The van der Waals surface area contributed by atoms with Gasteiger partial charge in [0.25, 0.3) is 0 Å². The lowest BCUT2D eigenvalue weighted by Crippen LogP contribution is -2.11. The van der Waals surface area contributed by atoms with Gasteiger partial charge >= 0.3 is 0 Å². The smallest absolute Gasteiger partial charge is 0.188 e. The lowest BCUT2D eigenvalue weighted by molar-refractivity contribution is 0.590. The summed E-state index contributed by atoms with van der Waals surface area (Å²) in [6.45, 7) is 6.60. The molecule has 1 aromatic heterocycles. The first-order valence-corrected chi connectivity index (χ1v) is 6.68. The molecule has 0 spiro atoms. The van der Waals surface area contributed by atoms with Gasteiger partial charge in [0.1, 0.15) is 0 Å². The lowest BCUT2D eigenvalue weighted by atomic mass is 9.87. The quantitative estimate of drug-likeness (QED) is 0.766. The summed E-state index contributed by atoms with van der Waals surface area (Å²) in [5, 5.41) is 12.4. The molecule has 2 aromatic rings. The number of aromatic nitrogens is 4. The van der Waals surface area contributed by atoms with E-state index in [4.69, 9.17) is 0 Å². The standard InChI is InChI=1S/C12H16N4S/c1-12(2,3)9-5-7-10(8-6-9)16-11(17-4)13-14-15-16/h5-8H,1-4H3. The zero-order valence-corrected chi connectivity index (χ0v) is 11.3. The Morgan fingerprint density at radius 1 is 1.12 bits per heavy atom. The Morgan fingerprint density at radius 3 is 2.29 bits per heavy atom. The molecule has 0 unspecified atom stereocenters. The van der Waals surface area contributed by atoms with Crippen LogP contribution in [0, 0.1) is 0 Å². The number of benzene rings is 1. The van der Waals surface area contributed by atoms with Crippen molar-refractivity contribution in [3.63, 3.8) is 0 Å². The molecule has 0 saturated carbocycles. The maximum Gasteiger partial charge on any atom is 0.213 e. The molecule has 90 valence electrons. The topological polar surface area (TPSA) is 43.6 Å². The average molecular weight is 248 g/mol. The summed E-state index contributed by atoms with van der Waals surface area (Å²) >= 11 is 1.53. The second-order valence-electron chi connectivity index (χ2n) is 4.87. The van der Waals surface area contributed by atoms with E-state index in [0.717, 1.165) is 10.8 Å². The summed E-state index contributed by atoms with van der Waals surface area (Å²) in [5.41, 5.74) is 2.47. The predicted molar refractivity (Wildman–Crippen MR) is 69.6 cm³/mol. The molecule has 0 aliphatic heterocycles. The summed E-state index contributed by atoms with van der Waals surface area (Å²) < 4.78 is 1.75. The molecule has 0 radical (unpaired) electrons. The minimum Gasteiger partial charge on any atom is -0.188 e. The van der Waals surface area contributed by atoms with Gasteiger partial charge in [0, 0.05) is 0 Å². The molecule has 0 atom stereocenters. The summed E-state index contributed by atoms with van der Waals surface area (Å²) in [6.07, 6.45) is 1.96. The fourth-order valence-corrected chi connectivity index (χ4v) is 2.00. The minimum atomic E-state index is 0.168. The normalized spacial score (nSPS) is 11.8. The Morgan fingerprint density at radius 2 is 1.76 bits per heavy atom. The van der Waals surface area contributed by atoms with Crippen molar-refractivity contribution in [1.29, 1.82) is 0 Å². The van der Waals surface area contributed by atoms with E-state index in [2.05, 4.69) is 60.6 Å². The number of nitrogens with zero attached hydrogens (tertiary/aromatic N) is 4. The molecule has 1 aromatic carbocycles. The van der Waals surface area contributed by atoms with Crippen LogP contribution in [0.5, 0.6) is 0 Å². The van der Waals surface area contributed by atoms with Crippen LogP contribution in [0.15, 0.2) is 29.4 Å². The van der Waals surface area contributed by atoms with Crippen molar-refractivity contribution in [1.82, 2.24) is 20.2 Å². The maximum atomic E-state index is 3.98. The Kier molecular flexibility index (Phi) is 3.19. The summed E-state index contributed by atoms with van der Waals surface area (Å²) in [6, 6.07) is 8.36. The third kappa shape index (κ3) is 2.49. The Hall–Kier alpha value is -1.36. The molecule has 2 rings (SSSR count). The van der Waals surface area contributed by atoms with Crippen molar-refractivity contribution in [3.05, 3.63) is 29.8 Å². The number of tetrazole rings is 1. The van der Waals surface area contributed by atoms with Gasteiger partial charge in [-0.15, -0.1) is 5.10 Å². The van der Waals surface area contributed by atoms with Crippen LogP contribution in [0.4, 0.5) is 0 Å².